The summed E-state index contributed by atoms with van der Waals surface area (Å²) in [5, 5.41) is 9.31. The second-order valence-corrected chi connectivity index (χ2v) is 5.29. The smallest absolute Gasteiger partial charge is 0.101 e. The molecule has 1 fully saturated rings. The zero-order chi connectivity index (χ0) is 13.8. The Bertz CT molecular complexity index is 484. The van der Waals surface area contributed by atoms with Crippen LogP contribution in [0.3, 0.4) is 0 Å². The van der Waals surface area contributed by atoms with E-state index in [1.165, 1.54) is 0 Å². The predicted molar refractivity (Wildman–Crippen MR) is 77.6 cm³/mol. The molecule has 1 aliphatic rings. The fourth-order valence-corrected chi connectivity index (χ4v) is 2.87. The first kappa shape index (κ1) is 14.2. The first-order chi connectivity index (χ1) is 9.19. The number of piperidine rings is 1. The number of hydrogen-bond acceptors (Lipinski definition) is 3. The molecule has 1 aromatic carbocycles. The Morgan fingerprint density at radius 1 is 1.53 bits per heavy atom. The Kier molecular flexibility index (Phi) is 4.68. The lowest BCUT2D eigenvalue weighted by Gasteiger charge is -2.39. The van der Waals surface area contributed by atoms with Crippen molar-refractivity contribution in [2.45, 2.75) is 37.8 Å². The largest absolute Gasteiger partial charge is 0.381 e. The minimum atomic E-state index is 0.332. The lowest BCUT2D eigenvalue weighted by atomic mass is 9.98. The van der Waals surface area contributed by atoms with E-state index < -0.39 is 0 Å². The third-order valence-electron chi connectivity index (χ3n) is 3.81. The standard InChI is InChI=1S/C15H19ClN2O/c1-11-7-14(19-2)5-6-18(11)15-4-3-12(9-16)8-13(15)10-17/h3-4,8,11,14H,5-7,9H2,1-2H3. The molecule has 2 atom stereocenters. The lowest BCUT2D eigenvalue weighted by Crippen LogP contribution is -2.43. The number of hydrogen-bond donors (Lipinski definition) is 0. The van der Waals surface area contributed by atoms with Gasteiger partial charge in [0.15, 0.2) is 0 Å². The summed E-state index contributed by atoms with van der Waals surface area (Å²) in [7, 11) is 1.77. The number of benzene rings is 1. The van der Waals surface area contributed by atoms with E-state index in [1.807, 2.05) is 18.2 Å². The van der Waals surface area contributed by atoms with Gasteiger partial charge in [0.25, 0.3) is 0 Å². The van der Waals surface area contributed by atoms with Gasteiger partial charge in [0.05, 0.1) is 17.4 Å². The van der Waals surface area contributed by atoms with E-state index in [9.17, 15) is 5.26 Å². The van der Waals surface area contributed by atoms with Crippen molar-refractivity contribution in [2.75, 3.05) is 18.6 Å². The maximum Gasteiger partial charge on any atom is 0.101 e. The summed E-state index contributed by atoms with van der Waals surface area (Å²) in [6, 6.07) is 8.56. The minimum Gasteiger partial charge on any atom is -0.381 e. The number of rotatable bonds is 3. The van der Waals surface area contributed by atoms with Crippen molar-refractivity contribution < 1.29 is 4.74 Å². The van der Waals surface area contributed by atoms with Crippen LogP contribution in [0.2, 0.25) is 0 Å². The first-order valence-electron chi connectivity index (χ1n) is 6.58. The van der Waals surface area contributed by atoms with Crippen LogP contribution in [0.1, 0.15) is 30.9 Å². The van der Waals surface area contributed by atoms with Gasteiger partial charge in [-0.1, -0.05) is 6.07 Å². The van der Waals surface area contributed by atoms with Crippen LogP contribution >= 0.6 is 11.6 Å². The molecule has 2 unspecified atom stereocenters. The van der Waals surface area contributed by atoms with Gasteiger partial charge in [-0.2, -0.15) is 5.26 Å². The SMILES string of the molecule is COC1CCN(c2ccc(CCl)cc2C#N)C(C)C1. The summed E-state index contributed by atoms with van der Waals surface area (Å²) in [4.78, 5) is 2.30. The molecule has 0 aromatic heterocycles. The van der Waals surface area contributed by atoms with Crippen molar-refractivity contribution in [1.29, 1.82) is 5.26 Å². The molecule has 4 heteroatoms. The van der Waals surface area contributed by atoms with Gasteiger partial charge in [0, 0.05) is 25.6 Å². The molecule has 0 amide bonds. The molecule has 102 valence electrons. The van der Waals surface area contributed by atoms with Crippen LogP contribution < -0.4 is 4.90 Å². The maximum atomic E-state index is 9.31. The van der Waals surface area contributed by atoms with Crippen LogP contribution in [0, 0.1) is 11.3 Å². The normalized spacial score (nSPS) is 23.2. The van der Waals surface area contributed by atoms with E-state index in [0.717, 1.165) is 30.6 Å². The molecule has 0 aliphatic carbocycles. The van der Waals surface area contributed by atoms with E-state index in [-0.39, 0.29) is 0 Å². The van der Waals surface area contributed by atoms with Crippen molar-refractivity contribution in [3.63, 3.8) is 0 Å². The highest BCUT2D eigenvalue weighted by molar-refractivity contribution is 6.17. The monoisotopic (exact) mass is 278 g/mol. The summed E-state index contributed by atoms with van der Waals surface area (Å²) in [6.45, 7) is 3.11. The summed E-state index contributed by atoms with van der Waals surface area (Å²) in [6.07, 6.45) is 2.33. The highest BCUT2D eigenvalue weighted by atomic mass is 35.5. The van der Waals surface area contributed by atoms with Crippen molar-refractivity contribution in [3.05, 3.63) is 29.3 Å². The van der Waals surface area contributed by atoms with Crippen LogP contribution in [-0.2, 0) is 10.6 Å². The molecule has 1 heterocycles. The predicted octanol–water partition coefficient (Wildman–Crippen LogP) is 3.30. The number of alkyl halides is 1. The van der Waals surface area contributed by atoms with Crippen molar-refractivity contribution in [3.8, 4) is 6.07 Å². The summed E-state index contributed by atoms with van der Waals surface area (Å²) in [5.41, 5.74) is 2.71. The molecule has 3 nitrogen and oxygen atoms in total. The zero-order valence-corrected chi connectivity index (χ0v) is 12.2. The quantitative estimate of drug-likeness (QED) is 0.796. The lowest BCUT2D eigenvalue weighted by molar-refractivity contribution is 0.0721. The number of anilines is 1. The van der Waals surface area contributed by atoms with Crippen LogP contribution in [0.25, 0.3) is 0 Å². The van der Waals surface area contributed by atoms with Crippen molar-refractivity contribution in [2.24, 2.45) is 0 Å². The van der Waals surface area contributed by atoms with Crippen LogP contribution in [0.4, 0.5) is 5.69 Å². The van der Waals surface area contributed by atoms with Gasteiger partial charge in [0.1, 0.15) is 6.07 Å². The van der Waals surface area contributed by atoms with Crippen LogP contribution in [0.5, 0.6) is 0 Å². The Morgan fingerprint density at radius 3 is 2.89 bits per heavy atom. The van der Waals surface area contributed by atoms with E-state index in [4.69, 9.17) is 16.3 Å². The van der Waals surface area contributed by atoms with Gasteiger partial charge >= 0.3 is 0 Å². The molecule has 1 saturated heterocycles. The number of nitrogens with zero attached hydrogens (tertiary/aromatic N) is 2. The van der Waals surface area contributed by atoms with Gasteiger partial charge in [-0.25, -0.2) is 0 Å². The fraction of sp³-hybridized carbons (Fsp3) is 0.533. The number of ether oxygens (including phenoxy) is 1. The average molecular weight is 279 g/mol. The van der Waals surface area contributed by atoms with Gasteiger partial charge in [0.2, 0.25) is 0 Å². The molecular formula is C15H19ClN2O. The number of nitriles is 1. The Balaban J connectivity index is 2.25. The highest BCUT2D eigenvalue weighted by Gasteiger charge is 2.26. The first-order valence-corrected chi connectivity index (χ1v) is 7.11. The summed E-state index contributed by atoms with van der Waals surface area (Å²) in [5.74, 6) is 0.441. The highest BCUT2D eigenvalue weighted by Crippen LogP contribution is 2.29. The molecular weight excluding hydrogens is 260 g/mol. The van der Waals surface area contributed by atoms with Crippen LogP contribution in [-0.4, -0.2) is 25.8 Å². The van der Waals surface area contributed by atoms with Gasteiger partial charge in [-0.3, -0.25) is 0 Å². The number of halogens is 1. The van der Waals surface area contributed by atoms with Crippen LogP contribution in [0.15, 0.2) is 18.2 Å². The second-order valence-electron chi connectivity index (χ2n) is 5.02. The molecule has 0 bridgehead atoms. The number of methoxy groups -OCH3 is 1. The Morgan fingerprint density at radius 2 is 2.32 bits per heavy atom. The van der Waals surface area contributed by atoms with Gasteiger partial charge in [-0.05, 0) is 37.5 Å². The molecule has 0 saturated carbocycles. The summed E-state index contributed by atoms with van der Waals surface area (Å²) < 4.78 is 5.43. The fourth-order valence-electron chi connectivity index (χ4n) is 2.71. The van der Waals surface area contributed by atoms with E-state index in [1.54, 1.807) is 7.11 Å². The summed E-state index contributed by atoms with van der Waals surface area (Å²) >= 11 is 5.82. The Hall–Kier alpha value is -1.24. The topological polar surface area (TPSA) is 36.3 Å². The van der Waals surface area contributed by atoms with E-state index in [0.29, 0.717) is 23.6 Å². The maximum absolute atomic E-state index is 9.31. The molecule has 0 radical (unpaired) electrons. The minimum absolute atomic E-state index is 0.332. The third kappa shape index (κ3) is 3.02. The van der Waals surface area contributed by atoms with Gasteiger partial charge in [-0.15, -0.1) is 11.6 Å². The molecule has 19 heavy (non-hydrogen) atoms. The molecule has 1 aromatic rings. The second kappa shape index (κ2) is 6.27. The molecule has 0 N–H and O–H groups in total. The molecule has 0 spiro atoms. The Labute approximate surface area is 119 Å². The van der Waals surface area contributed by atoms with Crippen molar-refractivity contribution >= 4 is 17.3 Å². The molecule has 2 rings (SSSR count). The van der Waals surface area contributed by atoms with E-state index >= 15 is 0 Å². The third-order valence-corrected chi connectivity index (χ3v) is 4.12. The van der Waals surface area contributed by atoms with E-state index in [2.05, 4.69) is 17.9 Å². The average Bonchev–Trinajstić information content (AvgIpc) is 2.46. The van der Waals surface area contributed by atoms with Gasteiger partial charge < -0.3 is 9.64 Å². The zero-order valence-electron chi connectivity index (χ0n) is 11.4. The van der Waals surface area contributed by atoms with Crippen molar-refractivity contribution in [1.82, 2.24) is 0 Å². The molecule has 1 aliphatic heterocycles.